The Bertz CT molecular complexity index is 627. The van der Waals surface area contributed by atoms with Gasteiger partial charge >= 0.3 is 5.97 Å². The van der Waals surface area contributed by atoms with Crippen LogP contribution >= 0.6 is 58.0 Å². The third-order valence-corrected chi connectivity index (χ3v) is 5.56. The Labute approximate surface area is 160 Å². The van der Waals surface area contributed by atoms with Gasteiger partial charge in [-0.25, -0.2) is 0 Å². The van der Waals surface area contributed by atoms with E-state index in [1.54, 1.807) is 18.2 Å². The quantitative estimate of drug-likeness (QED) is 0.512. The second-order valence-electron chi connectivity index (χ2n) is 6.13. The highest BCUT2D eigenvalue weighted by Gasteiger charge is 2.51. The van der Waals surface area contributed by atoms with Gasteiger partial charge in [0.25, 0.3) is 0 Å². The molecule has 2 rings (SSSR count). The number of carbonyl (C=O) groups is 1. The molecule has 2 unspecified atom stereocenters. The molecule has 0 spiro atoms. The smallest absolute Gasteiger partial charge is 0.309 e. The fourth-order valence-electron chi connectivity index (χ4n) is 2.75. The van der Waals surface area contributed by atoms with Gasteiger partial charge in [-0.05, 0) is 29.9 Å². The molecule has 1 saturated carbocycles. The molecule has 1 aliphatic rings. The molecule has 1 aromatic carbocycles. The maximum atomic E-state index is 12.3. The Balaban J connectivity index is 2.01. The number of hydrogen-bond acceptors (Lipinski definition) is 2. The van der Waals surface area contributed by atoms with Gasteiger partial charge in [0.05, 0.1) is 16.0 Å². The van der Waals surface area contributed by atoms with Crippen molar-refractivity contribution < 1.29 is 9.53 Å². The molecule has 0 heterocycles. The second-order valence-corrected chi connectivity index (χ2v) is 8.39. The van der Waals surface area contributed by atoms with E-state index in [0.717, 1.165) is 0 Å². The highest BCUT2D eigenvalue weighted by molar-refractivity contribution is 6.55. The summed E-state index contributed by atoms with van der Waals surface area (Å²) in [7, 11) is 0. The van der Waals surface area contributed by atoms with Crippen LogP contribution in [0.25, 0.3) is 0 Å². The largest absolute Gasteiger partial charge is 0.460 e. The first kappa shape index (κ1) is 19.2. The summed E-state index contributed by atoms with van der Waals surface area (Å²) in [5.74, 6) is -0.360. The second kappa shape index (κ2) is 7.41. The van der Waals surface area contributed by atoms with Crippen molar-refractivity contribution in [3.8, 4) is 0 Å². The molecule has 23 heavy (non-hydrogen) atoms. The summed E-state index contributed by atoms with van der Waals surface area (Å²) in [6.45, 7) is 3.99. The van der Waals surface area contributed by atoms with E-state index in [1.807, 2.05) is 13.8 Å². The topological polar surface area (TPSA) is 26.3 Å². The van der Waals surface area contributed by atoms with E-state index < -0.39 is 0 Å². The van der Waals surface area contributed by atoms with Gasteiger partial charge in [-0.1, -0.05) is 77.9 Å². The Hall–Kier alpha value is -0.120. The predicted octanol–water partition coefficient (Wildman–Crippen LogP) is 6.67. The van der Waals surface area contributed by atoms with Crippen molar-refractivity contribution in [3.05, 3.63) is 43.3 Å². The molecule has 0 bridgehead atoms. The van der Waals surface area contributed by atoms with E-state index in [2.05, 4.69) is 0 Å². The van der Waals surface area contributed by atoms with Gasteiger partial charge in [-0.2, -0.15) is 0 Å². The van der Waals surface area contributed by atoms with Crippen molar-refractivity contribution in [2.24, 2.45) is 17.3 Å². The van der Waals surface area contributed by atoms with Crippen molar-refractivity contribution in [1.82, 2.24) is 0 Å². The van der Waals surface area contributed by atoms with E-state index in [-0.39, 0.29) is 34.3 Å². The summed E-state index contributed by atoms with van der Waals surface area (Å²) in [6.07, 6.45) is 2.41. The zero-order valence-electron chi connectivity index (χ0n) is 12.5. The van der Waals surface area contributed by atoms with Crippen LogP contribution in [-0.2, 0) is 16.1 Å². The standard InChI is InChI=1S/C16H15Cl5O2/c1-16(2)8(4-14(20)21)3-11(16)15(22)23-7-10-12(18)5-9(17)6-13(10)19/h4-6,8,11H,3,7H2,1-2H3. The maximum absolute atomic E-state index is 12.3. The molecule has 0 saturated heterocycles. The van der Waals surface area contributed by atoms with Gasteiger partial charge < -0.3 is 4.74 Å². The van der Waals surface area contributed by atoms with Gasteiger partial charge in [0.2, 0.25) is 0 Å². The highest BCUT2D eigenvalue weighted by atomic mass is 35.5. The van der Waals surface area contributed by atoms with E-state index in [4.69, 9.17) is 62.7 Å². The molecular weight excluding hydrogens is 401 g/mol. The summed E-state index contributed by atoms with van der Waals surface area (Å²) in [4.78, 5) is 12.3. The number of halogens is 5. The van der Waals surface area contributed by atoms with E-state index in [1.165, 1.54) is 0 Å². The first-order valence-electron chi connectivity index (χ1n) is 6.95. The minimum atomic E-state index is -0.285. The van der Waals surface area contributed by atoms with E-state index in [0.29, 0.717) is 27.1 Å². The fourth-order valence-corrected chi connectivity index (χ4v) is 3.98. The molecule has 7 heteroatoms. The number of esters is 1. The third-order valence-electron chi connectivity index (χ3n) is 4.42. The first-order chi connectivity index (χ1) is 10.6. The Morgan fingerprint density at radius 1 is 1.26 bits per heavy atom. The van der Waals surface area contributed by atoms with Crippen LogP contribution in [0, 0.1) is 17.3 Å². The monoisotopic (exact) mass is 414 g/mol. The van der Waals surface area contributed by atoms with Crippen LogP contribution in [0.15, 0.2) is 22.7 Å². The van der Waals surface area contributed by atoms with Crippen LogP contribution in [0.5, 0.6) is 0 Å². The maximum Gasteiger partial charge on any atom is 0.309 e. The highest BCUT2D eigenvalue weighted by Crippen LogP contribution is 2.53. The predicted molar refractivity (Wildman–Crippen MR) is 96.4 cm³/mol. The lowest BCUT2D eigenvalue weighted by Crippen LogP contribution is -2.48. The third kappa shape index (κ3) is 4.29. The molecule has 0 N–H and O–H groups in total. The van der Waals surface area contributed by atoms with Gasteiger partial charge in [0.1, 0.15) is 11.1 Å². The van der Waals surface area contributed by atoms with E-state index in [9.17, 15) is 4.79 Å². The first-order valence-corrected chi connectivity index (χ1v) is 8.84. The Kier molecular flexibility index (Phi) is 6.19. The molecule has 2 atom stereocenters. The molecule has 126 valence electrons. The molecule has 0 amide bonds. The van der Waals surface area contributed by atoms with Crippen LogP contribution in [0.2, 0.25) is 15.1 Å². The summed E-state index contributed by atoms with van der Waals surface area (Å²) < 4.78 is 5.60. The number of allylic oxidation sites excluding steroid dienone is 1. The minimum Gasteiger partial charge on any atom is -0.460 e. The van der Waals surface area contributed by atoms with Crippen molar-refractivity contribution in [2.75, 3.05) is 0 Å². The fraction of sp³-hybridized carbons (Fsp3) is 0.438. The average molecular weight is 417 g/mol. The molecule has 0 aromatic heterocycles. The minimum absolute atomic E-state index is 0.0109. The van der Waals surface area contributed by atoms with Crippen LogP contribution in [0.1, 0.15) is 25.8 Å². The van der Waals surface area contributed by atoms with Crippen LogP contribution < -0.4 is 0 Å². The number of carbonyl (C=O) groups excluding carboxylic acids is 1. The van der Waals surface area contributed by atoms with Crippen molar-refractivity contribution in [3.63, 3.8) is 0 Å². The number of benzene rings is 1. The number of ether oxygens (including phenoxy) is 1. The summed E-state index contributed by atoms with van der Waals surface area (Å²) in [6, 6.07) is 3.13. The van der Waals surface area contributed by atoms with Gasteiger partial charge in [0.15, 0.2) is 0 Å². The van der Waals surface area contributed by atoms with Gasteiger partial charge in [-0.3, -0.25) is 4.79 Å². The summed E-state index contributed by atoms with van der Waals surface area (Å²) in [5, 5.41) is 1.18. The zero-order chi connectivity index (χ0) is 17.4. The van der Waals surface area contributed by atoms with Crippen LogP contribution in [0.3, 0.4) is 0 Å². The van der Waals surface area contributed by atoms with Crippen LogP contribution in [-0.4, -0.2) is 5.97 Å². The van der Waals surface area contributed by atoms with Crippen LogP contribution in [0.4, 0.5) is 0 Å². The summed E-state index contributed by atoms with van der Waals surface area (Å²) >= 11 is 29.4. The SMILES string of the molecule is CC1(C)C(C=C(Cl)Cl)CC1C(=O)OCc1c(Cl)cc(Cl)cc1Cl. The van der Waals surface area contributed by atoms with Crippen molar-refractivity contribution >= 4 is 64.0 Å². The van der Waals surface area contributed by atoms with E-state index >= 15 is 0 Å². The summed E-state index contributed by atoms with van der Waals surface area (Å²) in [5.41, 5.74) is 0.281. The normalized spacial score (nSPS) is 22.2. The lowest BCUT2D eigenvalue weighted by atomic mass is 9.55. The lowest BCUT2D eigenvalue weighted by Gasteiger charge is -2.49. The molecule has 1 fully saturated rings. The average Bonchev–Trinajstić information content (AvgIpc) is 2.41. The Morgan fingerprint density at radius 2 is 1.83 bits per heavy atom. The molecule has 0 radical (unpaired) electrons. The number of rotatable bonds is 4. The molecule has 1 aromatic rings. The Morgan fingerprint density at radius 3 is 2.30 bits per heavy atom. The molecular formula is C16H15Cl5O2. The lowest BCUT2D eigenvalue weighted by molar-refractivity contribution is -0.164. The molecule has 2 nitrogen and oxygen atoms in total. The van der Waals surface area contributed by atoms with Gasteiger partial charge in [-0.15, -0.1) is 0 Å². The molecule has 0 aliphatic heterocycles. The zero-order valence-corrected chi connectivity index (χ0v) is 16.3. The van der Waals surface area contributed by atoms with Crippen molar-refractivity contribution in [1.29, 1.82) is 0 Å². The number of hydrogen-bond donors (Lipinski definition) is 0. The van der Waals surface area contributed by atoms with Gasteiger partial charge in [0, 0.05) is 10.6 Å². The molecule has 1 aliphatic carbocycles. The van der Waals surface area contributed by atoms with Crippen molar-refractivity contribution in [2.45, 2.75) is 26.9 Å².